The molecule has 0 saturated heterocycles. The van der Waals surface area contributed by atoms with Crippen molar-refractivity contribution in [3.8, 4) is 0 Å². The van der Waals surface area contributed by atoms with Gasteiger partial charge in [-0.05, 0) is 30.3 Å². The third-order valence-electron chi connectivity index (χ3n) is 4.24. The molecule has 0 bridgehead atoms. The van der Waals surface area contributed by atoms with E-state index in [1.165, 1.54) is 17.8 Å². The zero-order valence-electron chi connectivity index (χ0n) is 13.6. The van der Waals surface area contributed by atoms with Crippen LogP contribution in [0.2, 0.25) is 0 Å². The molecule has 1 amide bonds. The molecule has 0 saturated carbocycles. The molecule has 0 fully saturated rings. The zero-order valence-corrected chi connectivity index (χ0v) is 14.4. The highest BCUT2D eigenvalue weighted by molar-refractivity contribution is 7.99. The van der Waals surface area contributed by atoms with Crippen molar-refractivity contribution < 1.29 is 9.72 Å². The van der Waals surface area contributed by atoms with E-state index < -0.39 is 10.3 Å². The third-order valence-corrected chi connectivity index (χ3v) is 5.54. The summed E-state index contributed by atoms with van der Waals surface area (Å²) in [4.78, 5) is 26.8. The standard InChI is InChI=1S/C20H14N2O3S/c23-19-16-11-5-7-13-18(16)26-20(21(19)14-8-2-1-3-9-14)15-10-4-6-12-17(15)22(24)25/h1-13,20H. The second-order valence-electron chi connectivity index (χ2n) is 5.79. The maximum absolute atomic E-state index is 13.2. The Morgan fingerprint density at radius 3 is 2.31 bits per heavy atom. The number of hydrogen-bond donors (Lipinski definition) is 0. The SMILES string of the molecule is O=C1c2ccccc2SC(c2ccccc2[N+](=O)[O-])N1c1ccccc1. The van der Waals surface area contributed by atoms with Gasteiger partial charge in [-0.3, -0.25) is 19.8 Å². The van der Waals surface area contributed by atoms with Crippen LogP contribution in [0.25, 0.3) is 0 Å². The van der Waals surface area contributed by atoms with E-state index >= 15 is 0 Å². The van der Waals surface area contributed by atoms with Gasteiger partial charge in [0, 0.05) is 16.6 Å². The van der Waals surface area contributed by atoms with Crippen LogP contribution in [-0.4, -0.2) is 10.8 Å². The van der Waals surface area contributed by atoms with Crippen LogP contribution in [0.15, 0.2) is 83.8 Å². The minimum atomic E-state index is -0.513. The number of hydrogen-bond acceptors (Lipinski definition) is 4. The molecule has 0 N–H and O–H groups in total. The summed E-state index contributed by atoms with van der Waals surface area (Å²) in [6.07, 6.45) is 0. The first-order valence-corrected chi connectivity index (χ1v) is 8.92. The fourth-order valence-electron chi connectivity index (χ4n) is 3.06. The highest BCUT2D eigenvalue weighted by Gasteiger charge is 2.37. The minimum absolute atomic E-state index is 0.0121. The molecule has 1 unspecified atom stereocenters. The highest BCUT2D eigenvalue weighted by Crippen LogP contribution is 2.48. The van der Waals surface area contributed by atoms with Gasteiger partial charge in [-0.2, -0.15) is 0 Å². The van der Waals surface area contributed by atoms with Crippen LogP contribution < -0.4 is 4.90 Å². The summed E-state index contributed by atoms with van der Waals surface area (Å²) >= 11 is 1.45. The van der Waals surface area contributed by atoms with Crippen molar-refractivity contribution in [3.63, 3.8) is 0 Å². The van der Waals surface area contributed by atoms with Crippen LogP contribution in [0, 0.1) is 10.1 Å². The van der Waals surface area contributed by atoms with E-state index in [1.807, 2.05) is 48.5 Å². The Morgan fingerprint density at radius 2 is 1.54 bits per heavy atom. The predicted molar refractivity (Wildman–Crippen MR) is 101 cm³/mol. The van der Waals surface area contributed by atoms with Crippen molar-refractivity contribution in [2.24, 2.45) is 0 Å². The van der Waals surface area contributed by atoms with Crippen molar-refractivity contribution in [3.05, 3.63) is 100 Å². The minimum Gasteiger partial charge on any atom is -0.291 e. The molecule has 1 aliphatic heterocycles. The predicted octanol–water partition coefficient (Wildman–Crippen LogP) is 5.05. The summed E-state index contributed by atoms with van der Waals surface area (Å²) in [6, 6.07) is 23.2. The molecule has 128 valence electrons. The number of nitro groups is 1. The number of carbonyl (C=O) groups is 1. The first-order chi connectivity index (χ1) is 12.7. The Hall–Kier alpha value is -3.12. The van der Waals surface area contributed by atoms with Crippen molar-refractivity contribution in [1.29, 1.82) is 0 Å². The maximum Gasteiger partial charge on any atom is 0.275 e. The lowest BCUT2D eigenvalue weighted by Crippen LogP contribution is -2.37. The average Bonchev–Trinajstić information content (AvgIpc) is 2.68. The summed E-state index contributed by atoms with van der Waals surface area (Å²) in [5.74, 6) is -0.159. The van der Waals surface area contributed by atoms with Crippen LogP contribution in [-0.2, 0) is 0 Å². The lowest BCUT2D eigenvalue weighted by atomic mass is 10.1. The molecular weight excluding hydrogens is 348 g/mol. The van der Waals surface area contributed by atoms with Gasteiger partial charge in [0.1, 0.15) is 5.37 Å². The van der Waals surface area contributed by atoms with Gasteiger partial charge >= 0.3 is 0 Å². The molecule has 0 aliphatic carbocycles. The molecule has 26 heavy (non-hydrogen) atoms. The molecular formula is C20H14N2O3S. The van der Waals surface area contributed by atoms with E-state index in [4.69, 9.17) is 0 Å². The Bertz CT molecular complexity index is 991. The summed E-state index contributed by atoms with van der Waals surface area (Å²) in [5, 5.41) is 11.0. The van der Waals surface area contributed by atoms with Gasteiger partial charge in [-0.1, -0.05) is 54.2 Å². The van der Waals surface area contributed by atoms with Crippen molar-refractivity contribution in [2.45, 2.75) is 10.3 Å². The van der Waals surface area contributed by atoms with Crippen LogP contribution in [0.4, 0.5) is 11.4 Å². The second kappa shape index (κ2) is 6.65. The lowest BCUT2D eigenvalue weighted by Gasteiger charge is -2.36. The Balaban J connectivity index is 1.92. The number of carbonyl (C=O) groups excluding carboxylic acids is 1. The van der Waals surface area contributed by atoms with Gasteiger partial charge in [0.05, 0.1) is 16.1 Å². The smallest absolute Gasteiger partial charge is 0.275 e. The lowest BCUT2D eigenvalue weighted by molar-refractivity contribution is -0.385. The fourth-order valence-corrected chi connectivity index (χ4v) is 4.39. The van der Waals surface area contributed by atoms with Gasteiger partial charge in [0.15, 0.2) is 0 Å². The highest BCUT2D eigenvalue weighted by atomic mass is 32.2. The fraction of sp³-hybridized carbons (Fsp3) is 0.0500. The van der Waals surface area contributed by atoms with Crippen molar-refractivity contribution in [1.82, 2.24) is 0 Å². The number of fused-ring (bicyclic) bond motifs is 1. The van der Waals surface area contributed by atoms with Crippen LogP contribution in [0.1, 0.15) is 21.3 Å². The van der Waals surface area contributed by atoms with Gasteiger partial charge in [0.2, 0.25) is 0 Å². The van der Waals surface area contributed by atoms with E-state index in [2.05, 4.69) is 0 Å². The first kappa shape index (κ1) is 16.4. The summed E-state index contributed by atoms with van der Waals surface area (Å²) < 4.78 is 0. The zero-order chi connectivity index (χ0) is 18.1. The quantitative estimate of drug-likeness (QED) is 0.483. The number of amides is 1. The average molecular weight is 362 g/mol. The molecule has 0 radical (unpaired) electrons. The van der Waals surface area contributed by atoms with Crippen LogP contribution >= 0.6 is 11.8 Å². The third kappa shape index (κ3) is 2.74. The van der Waals surface area contributed by atoms with Gasteiger partial charge in [0.25, 0.3) is 11.6 Å². The van der Waals surface area contributed by atoms with Gasteiger partial charge in [-0.25, -0.2) is 0 Å². The second-order valence-corrected chi connectivity index (χ2v) is 6.92. The summed E-state index contributed by atoms with van der Waals surface area (Å²) in [6.45, 7) is 0. The molecule has 0 spiro atoms. The van der Waals surface area contributed by atoms with Crippen molar-refractivity contribution in [2.75, 3.05) is 4.90 Å². The number of anilines is 1. The largest absolute Gasteiger partial charge is 0.291 e. The number of nitro benzene ring substituents is 1. The summed E-state index contributed by atoms with van der Waals surface area (Å²) in [7, 11) is 0. The van der Waals surface area contributed by atoms with Crippen LogP contribution in [0.5, 0.6) is 0 Å². The van der Waals surface area contributed by atoms with Crippen molar-refractivity contribution >= 4 is 29.0 Å². The molecule has 5 nitrogen and oxygen atoms in total. The van der Waals surface area contributed by atoms with E-state index in [1.54, 1.807) is 29.2 Å². The number of para-hydroxylation sites is 2. The molecule has 1 atom stereocenters. The molecule has 1 heterocycles. The van der Waals surface area contributed by atoms with E-state index in [-0.39, 0.29) is 11.6 Å². The summed E-state index contributed by atoms with van der Waals surface area (Å²) in [5.41, 5.74) is 1.84. The van der Waals surface area contributed by atoms with E-state index in [0.29, 0.717) is 16.8 Å². The molecule has 4 rings (SSSR count). The monoisotopic (exact) mass is 362 g/mol. The van der Waals surface area contributed by atoms with E-state index in [9.17, 15) is 14.9 Å². The van der Waals surface area contributed by atoms with Gasteiger partial charge < -0.3 is 0 Å². The maximum atomic E-state index is 13.2. The first-order valence-electron chi connectivity index (χ1n) is 8.04. The number of thioether (sulfide) groups is 1. The Kier molecular flexibility index (Phi) is 4.18. The normalized spacial score (nSPS) is 16.2. The molecule has 6 heteroatoms. The molecule has 3 aromatic rings. The Morgan fingerprint density at radius 1 is 0.885 bits per heavy atom. The number of benzene rings is 3. The molecule has 0 aromatic heterocycles. The number of nitrogens with zero attached hydrogens (tertiary/aromatic N) is 2. The Labute approximate surface area is 154 Å². The topological polar surface area (TPSA) is 63.4 Å². The van der Waals surface area contributed by atoms with E-state index in [0.717, 1.165) is 4.90 Å². The van der Waals surface area contributed by atoms with Gasteiger partial charge in [-0.15, -0.1) is 0 Å². The number of rotatable bonds is 3. The molecule has 1 aliphatic rings. The van der Waals surface area contributed by atoms with Crippen LogP contribution in [0.3, 0.4) is 0 Å². The molecule has 3 aromatic carbocycles.